The lowest BCUT2D eigenvalue weighted by atomic mass is 10.2. The van der Waals surface area contributed by atoms with Crippen molar-refractivity contribution in [2.45, 2.75) is 6.54 Å². The van der Waals surface area contributed by atoms with Crippen molar-refractivity contribution < 1.29 is 0 Å². The third kappa shape index (κ3) is 3.20. The highest BCUT2D eigenvalue weighted by atomic mass is 16.1. The molecule has 0 spiro atoms. The van der Waals surface area contributed by atoms with Gasteiger partial charge in [0.15, 0.2) is 5.82 Å². The monoisotopic (exact) mass is 345 g/mol. The van der Waals surface area contributed by atoms with Gasteiger partial charge in [0.1, 0.15) is 6.54 Å². The topological polar surface area (TPSA) is 112 Å². The lowest BCUT2D eigenvalue weighted by Crippen LogP contribution is -2.16. The molecular weight excluding hydrogens is 330 g/mol. The molecule has 4 aromatic rings. The molecule has 2 aromatic carbocycles. The third-order valence-corrected chi connectivity index (χ3v) is 3.78. The highest BCUT2D eigenvalue weighted by Crippen LogP contribution is 2.14. The SMILES string of the molecule is Nc1nc(Cn2ncc(=O)c3ccccc32)nc(Nc2ccccc2)n1. The summed E-state index contributed by atoms with van der Waals surface area (Å²) >= 11 is 0. The third-order valence-electron chi connectivity index (χ3n) is 3.78. The maximum absolute atomic E-state index is 11.9. The average Bonchev–Trinajstić information content (AvgIpc) is 2.65. The van der Waals surface area contributed by atoms with E-state index in [0.29, 0.717) is 22.7 Å². The second-order valence-electron chi connectivity index (χ2n) is 5.61. The summed E-state index contributed by atoms with van der Waals surface area (Å²) in [6, 6.07) is 16.8. The van der Waals surface area contributed by atoms with Crippen LogP contribution in [0.3, 0.4) is 0 Å². The molecule has 0 unspecified atom stereocenters. The van der Waals surface area contributed by atoms with Crippen LogP contribution in [-0.4, -0.2) is 24.7 Å². The first kappa shape index (κ1) is 15.7. The minimum absolute atomic E-state index is 0.110. The predicted molar refractivity (Wildman–Crippen MR) is 99.1 cm³/mol. The van der Waals surface area contributed by atoms with Crippen LogP contribution in [-0.2, 0) is 6.54 Å². The van der Waals surface area contributed by atoms with Gasteiger partial charge in [-0.05, 0) is 24.3 Å². The molecule has 8 heteroatoms. The summed E-state index contributed by atoms with van der Waals surface area (Å²) < 4.78 is 1.66. The number of para-hydroxylation sites is 2. The molecule has 0 saturated carbocycles. The van der Waals surface area contributed by atoms with E-state index in [4.69, 9.17) is 5.73 Å². The molecule has 0 amide bonds. The smallest absolute Gasteiger partial charge is 0.232 e. The Morgan fingerprint density at radius 2 is 1.73 bits per heavy atom. The summed E-state index contributed by atoms with van der Waals surface area (Å²) in [7, 11) is 0. The second kappa shape index (κ2) is 6.60. The lowest BCUT2D eigenvalue weighted by molar-refractivity contribution is 0.661. The van der Waals surface area contributed by atoms with Gasteiger partial charge in [-0.1, -0.05) is 30.3 Å². The molecular formula is C18H15N7O. The van der Waals surface area contributed by atoms with Crippen LogP contribution in [0.1, 0.15) is 5.82 Å². The Kier molecular flexibility index (Phi) is 3.98. The van der Waals surface area contributed by atoms with Crippen LogP contribution < -0.4 is 16.5 Å². The van der Waals surface area contributed by atoms with E-state index in [2.05, 4.69) is 25.4 Å². The molecule has 4 rings (SSSR count). The fraction of sp³-hybridized carbons (Fsp3) is 0.0556. The Labute approximate surface area is 148 Å². The molecule has 8 nitrogen and oxygen atoms in total. The van der Waals surface area contributed by atoms with E-state index in [0.717, 1.165) is 5.69 Å². The number of hydrogen-bond acceptors (Lipinski definition) is 7. The van der Waals surface area contributed by atoms with Crippen molar-refractivity contribution >= 4 is 28.5 Å². The van der Waals surface area contributed by atoms with Crippen LogP contribution in [0.25, 0.3) is 10.9 Å². The first-order valence-electron chi connectivity index (χ1n) is 7.96. The van der Waals surface area contributed by atoms with Gasteiger partial charge in [0, 0.05) is 11.1 Å². The van der Waals surface area contributed by atoms with Gasteiger partial charge in [-0.2, -0.15) is 20.1 Å². The molecule has 0 radical (unpaired) electrons. The first-order chi connectivity index (χ1) is 12.7. The van der Waals surface area contributed by atoms with Crippen molar-refractivity contribution in [2.75, 3.05) is 11.1 Å². The van der Waals surface area contributed by atoms with E-state index in [9.17, 15) is 4.79 Å². The zero-order valence-corrected chi connectivity index (χ0v) is 13.7. The number of benzene rings is 2. The molecule has 3 N–H and O–H groups in total. The normalized spacial score (nSPS) is 10.8. The highest BCUT2D eigenvalue weighted by molar-refractivity contribution is 5.77. The number of hydrogen-bond donors (Lipinski definition) is 2. The molecule has 0 aliphatic carbocycles. The van der Waals surface area contributed by atoms with Gasteiger partial charge in [0.2, 0.25) is 17.3 Å². The summed E-state index contributed by atoms with van der Waals surface area (Å²) in [5.41, 5.74) is 7.24. The zero-order valence-electron chi connectivity index (χ0n) is 13.7. The molecule has 0 saturated heterocycles. The molecule has 0 aliphatic rings. The predicted octanol–water partition coefficient (Wildman–Crippen LogP) is 1.96. The van der Waals surface area contributed by atoms with Crippen LogP contribution in [0.4, 0.5) is 17.6 Å². The van der Waals surface area contributed by atoms with Gasteiger partial charge < -0.3 is 11.1 Å². The molecule has 2 heterocycles. The minimum Gasteiger partial charge on any atom is -0.368 e. The van der Waals surface area contributed by atoms with Crippen LogP contribution >= 0.6 is 0 Å². The van der Waals surface area contributed by atoms with E-state index in [-0.39, 0.29) is 17.9 Å². The molecule has 0 bridgehead atoms. The maximum Gasteiger partial charge on any atom is 0.232 e. The fourth-order valence-electron chi connectivity index (χ4n) is 2.64. The van der Waals surface area contributed by atoms with E-state index in [1.807, 2.05) is 48.5 Å². The van der Waals surface area contributed by atoms with E-state index in [1.165, 1.54) is 6.20 Å². The van der Waals surface area contributed by atoms with Crippen molar-refractivity contribution in [1.82, 2.24) is 24.7 Å². The van der Waals surface area contributed by atoms with Crippen LogP contribution in [0.2, 0.25) is 0 Å². The standard InChI is InChI=1S/C18H15N7O/c19-17-22-16(23-18(24-17)21-12-6-2-1-3-7-12)11-25-14-9-5-4-8-13(14)15(26)10-20-25/h1-10H,11H2,(H3,19,21,22,23,24). The van der Waals surface area contributed by atoms with Gasteiger partial charge in [-0.25, -0.2) is 0 Å². The van der Waals surface area contributed by atoms with E-state index in [1.54, 1.807) is 10.7 Å². The molecule has 0 atom stereocenters. The number of nitrogens with one attached hydrogen (secondary N) is 1. The summed E-state index contributed by atoms with van der Waals surface area (Å²) in [5, 5.41) is 7.87. The number of anilines is 3. The maximum atomic E-state index is 11.9. The molecule has 0 fully saturated rings. The number of nitrogens with zero attached hydrogens (tertiary/aromatic N) is 5. The highest BCUT2D eigenvalue weighted by Gasteiger charge is 2.09. The fourth-order valence-corrected chi connectivity index (χ4v) is 2.64. The van der Waals surface area contributed by atoms with E-state index >= 15 is 0 Å². The summed E-state index contributed by atoms with van der Waals surface area (Å²) in [4.78, 5) is 24.6. The van der Waals surface area contributed by atoms with Gasteiger partial charge in [0.25, 0.3) is 0 Å². The van der Waals surface area contributed by atoms with Crippen molar-refractivity contribution in [1.29, 1.82) is 0 Å². The summed E-state index contributed by atoms with van der Waals surface area (Å²) in [6.07, 6.45) is 1.29. The number of nitrogens with two attached hydrogens (primary N) is 1. The average molecular weight is 345 g/mol. The van der Waals surface area contributed by atoms with Crippen molar-refractivity contribution in [3.63, 3.8) is 0 Å². The van der Waals surface area contributed by atoms with Gasteiger partial charge in [-0.3, -0.25) is 9.48 Å². The lowest BCUT2D eigenvalue weighted by Gasteiger charge is -2.10. The quantitative estimate of drug-likeness (QED) is 0.581. The number of fused-ring (bicyclic) bond motifs is 1. The van der Waals surface area contributed by atoms with E-state index < -0.39 is 0 Å². The molecule has 2 aromatic heterocycles. The first-order valence-corrected chi connectivity index (χ1v) is 7.96. The van der Waals surface area contributed by atoms with Crippen molar-refractivity contribution in [2.24, 2.45) is 0 Å². The molecule has 128 valence electrons. The largest absolute Gasteiger partial charge is 0.368 e. The Balaban J connectivity index is 1.69. The zero-order chi connectivity index (χ0) is 17.9. The second-order valence-corrected chi connectivity index (χ2v) is 5.61. The van der Waals surface area contributed by atoms with Crippen LogP contribution in [0.5, 0.6) is 0 Å². The van der Waals surface area contributed by atoms with Gasteiger partial charge in [0.05, 0.1) is 11.7 Å². The Hall–Kier alpha value is -3.81. The number of nitrogen functional groups attached to an aromatic ring is 1. The minimum atomic E-state index is -0.126. The van der Waals surface area contributed by atoms with Gasteiger partial charge in [-0.15, -0.1) is 0 Å². The Morgan fingerprint density at radius 1 is 0.962 bits per heavy atom. The molecule has 26 heavy (non-hydrogen) atoms. The number of rotatable bonds is 4. The molecule has 0 aliphatic heterocycles. The van der Waals surface area contributed by atoms with Gasteiger partial charge >= 0.3 is 0 Å². The van der Waals surface area contributed by atoms with Crippen molar-refractivity contribution in [3.05, 3.63) is 76.8 Å². The Bertz CT molecular complexity index is 1130. The summed E-state index contributed by atoms with van der Waals surface area (Å²) in [6.45, 7) is 0.261. The van der Waals surface area contributed by atoms with Crippen LogP contribution in [0.15, 0.2) is 65.6 Å². The Morgan fingerprint density at radius 3 is 2.58 bits per heavy atom. The summed E-state index contributed by atoms with van der Waals surface area (Å²) in [5.74, 6) is 0.903. The number of aromatic nitrogens is 5. The van der Waals surface area contributed by atoms with Crippen molar-refractivity contribution in [3.8, 4) is 0 Å². The van der Waals surface area contributed by atoms with Crippen LogP contribution in [0, 0.1) is 0 Å².